The van der Waals surface area contributed by atoms with E-state index in [1.807, 2.05) is 42.7 Å². The number of hydrogen-bond donors (Lipinski definition) is 3. The molecule has 13 nitrogen and oxygen atoms in total. The lowest BCUT2D eigenvalue weighted by molar-refractivity contribution is -0.136. The number of Topliss-reactive ketones (excluding diaryl/α,β-unsaturated/α-hetero) is 2. The summed E-state index contributed by atoms with van der Waals surface area (Å²) in [7, 11) is 0. The van der Waals surface area contributed by atoms with E-state index in [-0.39, 0.29) is 30.6 Å². The second kappa shape index (κ2) is 21.9. The Hall–Kier alpha value is -3.29. The smallest absolute Gasteiger partial charge is 0.231 e. The summed E-state index contributed by atoms with van der Waals surface area (Å²) in [4.78, 5) is 42.0. The Kier molecular flexibility index (Phi) is 18.9. The van der Waals surface area contributed by atoms with Crippen LogP contribution in [0.2, 0.25) is 0 Å². The Morgan fingerprint density at radius 1 is 0.961 bits per heavy atom. The minimum atomic E-state index is -1.15. The molecule has 288 valence electrons. The fourth-order valence-corrected chi connectivity index (χ4v) is 6.94. The molecule has 51 heavy (non-hydrogen) atoms. The molecule has 4 N–H and O–H groups in total. The number of rotatable bonds is 29. The van der Waals surface area contributed by atoms with Crippen LogP contribution in [0.15, 0.2) is 25.0 Å². The van der Waals surface area contributed by atoms with E-state index in [0.717, 1.165) is 24.2 Å². The number of carbonyl (C=O) groups excluding carboxylic acids is 3. The van der Waals surface area contributed by atoms with Gasteiger partial charge in [0.15, 0.2) is 11.6 Å². The van der Waals surface area contributed by atoms with E-state index in [4.69, 9.17) is 5.73 Å². The quantitative estimate of drug-likeness (QED) is 0.0818. The molecular formula is C38H68N10O3. The van der Waals surface area contributed by atoms with Crippen molar-refractivity contribution in [1.82, 2.24) is 45.5 Å². The largest absolute Gasteiger partial charge is 0.369 e. The Balaban J connectivity index is 1.97. The van der Waals surface area contributed by atoms with Crippen molar-refractivity contribution in [2.45, 2.75) is 150 Å². The molecule has 2 aromatic rings. The summed E-state index contributed by atoms with van der Waals surface area (Å²) in [6, 6.07) is -0.700. The summed E-state index contributed by atoms with van der Waals surface area (Å²) in [6.45, 7) is 22.5. The standard InChI is InChI=1S/C38H68N10O3/c1-10-15-16-17-19-29(6)22-33-27-48(45-43-33)25-30(7)23-40-24-34(49)37(9,12-3)41-31(8)36(51)38(13-4,14-5)46(28-35(39)50)20-18-21-47-26-32(11-2)42-44-47/h12,26-27,29-31,40-41H,3,10-11,13-25,28H2,1-2,4-9H3,(H2,39,50). The summed E-state index contributed by atoms with van der Waals surface area (Å²) in [5.41, 5.74) is 5.52. The molecule has 0 aromatic carbocycles. The predicted octanol–water partition coefficient (Wildman–Crippen LogP) is 4.30. The molecule has 2 rings (SSSR count). The maximum absolute atomic E-state index is 14.3. The predicted molar refractivity (Wildman–Crippen MR) is 203 cm³/mol. The van der Waals surface area contributed by atoms with Crippen LogP contribution in [0.1, 0.15) is 118 Å². The number of carbonyl (C=O) groups is 3. The van der Waals surface area contributed by atoms with Crippen LogP contribution in [0.25, 0.3) is 0 Å². The first kappa shape index (κ1) is 43.9. The van der Waals surface area contributed by atoms with Gasteiger partial charge in [-0.15, -0.1) is 16.8 Å². The van der Waals surface area contributed by atoms with E-state index in [1.54, 1.807) is 24.6 Å². The zero-order valence-corrected chi connectivity index (χ0v) is 32.9. The molecule has 0 radical (unpaired) electrons. The zero-order valence-electron chi connectivity index (χ0n) is 32.9. The van der Waals surface area contributed by atoms with Crippen molar-refractivity contribution in [3.8, 4) is 0 Å². The lowest BCUT2D eigenvalue weighted by atomic mass is 9.81. The van der Waals surface area contributed by atoms with Crippen molar-refractivity contribution < 1.29 is 14.4 Å². The van der Waals surface area contributed by atoms with Gasteiger partial charge in [-0.2, -0.15) is 0 Å². The molecular weight excluding hydrogens is 644 g/mol. The first-order chi connectivity index (χ1) is 24.3. The number of unbranched alkanes of at least 4 members (excludes halogenated alkanes) is 3. The van der Waals surface area contributed by atoms with Crippen LogP contribution in [0.5, 0.6) is 0 Å². The van der Waals surface area contributed by atoms with E-state index in [9.17, 15) is 14.4 Å². The molecule has 0 saturated carbocycles. The van der Waals surface area contributed by atoms with Gasteiger partial charge < -0.3 is 11.1 Å². The summed E-state index contributed by atoms with van der Waals surface area (Å²) >= 11 is 0. The van der Waals surface area contributed by atoms with Crippen LogP contribution < -0.4 is 16.4 Å². The number of amides is 1. The molecule has 0 saturated heterocycles. The number of aromatic nitrogens is 6. The molecule has 0 aliphatic heterocycles. The van der Waals surface area contributed by atoms with E-state index < -0.39 is 23.0 Å². The minimum Gasteiger partial charge on any atom is -0.369 e. The average molecular weight is 713 g/mol. The van der Waals surface area contributed by atoms with Crippen LogP contribution >= 0.6 is 0 Å². The highest BCUT2D eigenvalue weighted by atomic mass is 16.2. The van der Waals surface area contributed by atoms with Gasteiger partial charge in [0.1, 0.15) is 0 Å². The highest BCUT2D eigenvalue weighted by Gasteiger charge is 2.45. The number of ketones is 2. The Labute approximate surface area is 306 Å². The lowest BCUT2D eigenvalue weighted by Gasteiger charge is -2.44. The van der Waals surface area contributed by atoms with Crippen molar-refractivity contribution in [3.63, 3.8) is 0 Å². The summed E-state index contributed by atoms with van der Waals surface area (Å²) in [5, 5.41) is 23.6. The third kappa shape index (κ3) is 13.6. The molecule has 1 amide bonds. The number of primary amides is 1. The fourth-order valence-electron chi connectivity index (χ4n) is 6.94. The van der Waals surface area contributed by atoms with Crippen LogP contribution in [0.4, 0.5) is 0 Å². The van der Waals surface area contributed by atoms with E-state index >= 15 is 0 Å². The molecule has 4 atom stereocenters. The Bertz CT molecular complexity index is 1350. The SMILES string of the molecule is C=CC(C)(NC(C)C(=O)C(CC)(CC)N(CCCn1cc(CC)nn1)CC(N)=O)C(=O)CNCC(C)Cn1cc(CC(C)CCCCCC)nn1. The van der Waals surface area contributed by atoms with Crippen molar-refractivity contribution in [2.75, 3.05) is 26.2 Å². The molecule has 0 spiro atoms. The first-order valence-electron chi connectivity index (χ1n) is 19.3. The van der Waals surface area contributed by atoms with Crippen molar-refractivity contribution in [1.29, 1.82) is 0 Å². The molecule has 0 fully saturated rings. The van der Waals surface area contributed by atoms with Gasteiger partial charge in [-0.3, -0.25) is 34.0 Å². The van der Waals surface area contributed by atoms with E-state index in [0.29, 0.717) is 51.4 Å². The second-order valence-electron chi connectivity index (χ2n) is 14.7. The Morgan fingerprint density at radius 3 is 2.24 bits per heavy atom. The first-order valence-corrected chi connectivity index (χ1v) is 19.3. The van der Waals surface area contributed by atoms with E-state index in [2.05, 4.69) is 58.6 Å². The molecule has 13 heteroatoms. The number of nitrogens with one attached hydrogen (secondary N) is 2. The molecule has 2 aromatic heterocycles. The monoisotopic (exact) mass is 713 g/mol. The topological polar surface area (TPSA) is 166 Å². The van der Waals surface area contributed by atoms with Gasteiger partial charge >= 0.3 is 0 Å². The van der Waals surface area contributed by atoms with Gasteiger partial charge in [0.25, 0.3) is 0 Å². The third-order valence-corrected chi connectivity index (χ3v) is 10.2. The van der Waals surface area contributed by atoms with Gasteiger partial charge in [-0.1, -0.05) is 90.1 Å². The van der Waals surface area contributed by atoms with Crippen LogP contribution in [0, 0.1) is 11.8 Å². The minimum absolute atomic E-state index is 0.0500. The lowest BCUT2D eigenvalue weighted by Crippen LogP contribution is -2.64. The maximum atomic E-state index is 14.3. The molecule has 0 aliphatic carbocycles. The highest BCUT2D eigenvalue weighted by Crippen LogP contribution is 2.28. The van der Waals surface area contributed by atoms with Crippen molar-refractivity contribution in [2.24, 2.45) is 17.6 Å². The molecule has 2 heterocycles. The van der Waals surface area contributed by atoms with Crippen LogP contribution in [0.3, 0.4) is 0 Å². The van der Waals surface area contributed by atoms with Gasteiger partial charge in [0.05, 0.1) is 41.6 Å². The number of nitrogens with zero attached hydrogens (tertiary/aromatic N) is 7. The molecule has 0 bridgehead atoms. The van der Waals surface area contributed by atoms with Crippen molar-refractivity contribution >= 4 is 17.5 Å². The average Bonchev–Trinajstić information content (AvgIpc) is 3.75. The normalized spacial score (nSPS) is 15.0. The van der Waals surface area contributed by atoms with Crippen LogP contribution in [-0.2, 0) is 40.3 Å². The molecule has 0 aliphatic rings. The van der Waals surface area contributed by atoms with Crippen LogP contribution in [-0.4, -0.2) is 95.7 Å². The molecule has 4 unspecified atom stereocenters. The second-order valence-corrected chi connectivity index (χ2v) is 14.7. The highest BCUT2D eigenvalue weighted by molar-refractivity contribution is 5.96. The zero-order chi connectivity index (χ0) is 38.0. The van der Waals surface area contributed by atoms with Gasteiger partial charge in [-0.25, -0.2) is 0 Å². The number of nitrogens with two attached hydrogens (primary N) is 1. The summed E-state index contributed by atoms with van der Waals surface area (Å²) < 4.78 is 3.67. The van der Waals surface area contributed by atoms with Gasteiger partial charge in [0.2, 0.25) is 5.91 Å². The maximum Gasteiger partial charge on any atom is 0.231 e. The fraction of sp³-hybridized carbons (Fsp3) is 0.763. The summed E-state index contributed by atoms with van der Waals surface area (Å²) in [5.74, 6) is 0.0896. The Morgan fingerprint density at radius 2 is 1.63 bits per heavy atom. The third-order valence-electron chi connectivity index (χ3n) is 10.2. The van der Waals surface area contributed by atoms with E-state index in [1.165, 1.54) is 32.1 Å². The summed E-state index contributed by atoms with van der Waals surface area (Å²) in [6.07, 6.45) is 15.2. The van der Waals surface area contributed by atoms with Gasteiger partial charge in [0, 0.05) is 32.0 Å². The number of aryl methyl sites for hydroxylation is 2. The van der Waals surface area contributed by atoms with Crippen molar-refractivity contribution in [3.05, 3.63) is 36.4 Å². The number of hydrogen-bond acceptors (Lipinski definition) is 10. The van der Waals surface area contributed by atoms with Gasteiger partial charge in [-0.05, 0) is 64.3 Å².